The summed E-state index contributed by atoms with van der Waals surface area (Å²) in [6.45, 7) is 4.14. The second kappa shape index (κ2) is 5.77. The first kappa shape index (κ1) is 14.4. The Bertz CT molecular complexity index is 948. The Morgan fingerprint density at radius 1 is 0.917 bits per heavy atom. The second-order valence-corrected chi connectivity index (χ2v) is 5.77. The summed E-state index contributed by atoms with van der Waals surface area (Å²) in [7, 11) is 0. The molecule has 0 amide bonds. The first-order valence-electron chi connectivity index (χ1n) is 7.89. The van der Waals surface area contributed by atoms with Gasteiger partial charge in [0, 0.05) is 16.7 Å². The number of hydrogen-bond acceptors (Lipinski definition) is 2. The maximum absolute atomic E-state index is 4.72. The number of aromatic amines is 1. The molecule has 1 N–H and O–H groups in total. The molecule has 0 saturated carbocycles. The van der Waals surface area contributed by atoms with Crippen LogP contribution in [0, 0.1) is 13.8 Å². The third-order valence-corrected chi connectivity index (χ3v) is 4.05. The van der Waals surface area contributed by atoms with E-state index in [2.05, 4.69) is 24.9 Å². The molecule has 0 aliphatic carbocycles. The number of benzene rings is 2. The van der Waals surface area contributed by atoms with Gasteiger partial charge in [-0.25, -0.2) is 0 Å². The molecule has 0 atom stereocenters. The van der Waals surface area contributed by atoms with E-state index in [1.54, 1.807) is 4.80 Å². The van der Waals surface area contributed by atoms with Crippen LogP contribution in [0.5, 0.6) is 0 Å². The Labute approximate surface area is 140 Å². The summed E-state index contributed by atoms with van der Waals surface area (Å²) in [4.78, 5) is 6.99. The first-order valence-corrected chi connectivity index (χ1v) is 7.89. The Morgan fingerprint density at radius 2 is 1.58 bits per heavy atom. The van der Waals surface area contributed by atoms with Gasteiger partial charge in [0.15, 0.2) is 0 Å². The molecule has 2 aromatic heterocycles. The summed E-state index contributed by atoms with van der Waals surface area (Å²) >= 11 is 0. The van der Waals surface area contributed by atoms with E-state index in [0.29, 0.717) is 5.82 Å². The largest absolute Gasteiger partial charge is 0.294 e. The molecule has 4 aromatic rings. The smallest absolute Gasteiger partial charge is 0.274 e. The molecule has 0 fully saturated rings. The molecular formula is C19H18N5+. The zero-order valence-corrected chi connectivity index (χ0v) is 13.6. The van der Waals surface area contributed by atoms with E-state index < -0.39 is 0 Å². The van der Waals surface area contributed by atoms with Gasteiger partial charge in [-0.05, 0) is 58.4 Å². The second-order valence-electron chi connectivity index (χ2n) is 5.77. The fraction of sp³-hybridized carbons (Fsp3) is 0.105. The maximum atomic E-state index is 4.72. The molecular weight excluding hydrogens is 298 g/mol. The molecule has 0 radical (unpaired) electrons. The van der Waals surface area contributed by atoms with E-state index in [0.717, 1.165) is 22.8 Å². The van der Waals surface area contributed by atoms with Gasteiger partial charge in [0.05, 0.1) is 5.69 Å². The highest BCUT2D eigenvalue weighted by molar-refractivity contribution is 5.53. The van der Waals surface area contributed by atoms with Gasteiger partial charge in [-0.15, -0.1) is 0 Å². The lowest BCUT2D eigenvalue weighted by molar-refractivity contribution is -0.737. The number of tetrazole rings is 1. The molecule has 0 aliphatic heterocycles. The maximum Gasteiger partial charge on any atom is 0.294 e. The Morgan fingerprint density at radius 3 is 2.21 bits per heavy atom. The van der Waals surface area contributed by atoms with E-state index in [-0.39, 0.29) is 0 Å². The monoisotopic (exact) mass is 316 g/mol. The summed E-state index contributed by atoms with van der Waals surface area (Å²) in [6.07, 6.45) is 0. The van der Waals surface area contributed by atoms with Crippen LogP contribution in [0.15, 0.2) is 66.7 Å². The van der Waals surface area contributed by atoms with Crippen molar-refractivity contribution in [3.8, 4) is 22.9 Å². The van der Waals surface area contributed by atoms with Crippen LogP contribution in [-0.4, -0.2) is 20.0 Å². The highest BCUT2D eigenvalue weighted by atomic mass is 15.7. The molecule has 0 bridgehead atoms. The lowest BCUT2D eigenvalue weighted by atomic mass is 10.2. The number of aryl methyl sites for hydroxylation is 2. The quantitative estimate of drug-likeness (QED) is 0.590. The normalized spacial score (nSPS) is 10.9. The zero-order chi connectivity index (χ0) is 16.5. The Balaban J connectivity index is 1.92. The summed E-state index contributed by atoms with van der Waals surface area (Å²) in [5.74, 6) is 1.58. The van der Waals surface area contributed by atoms with Gasteiger partial charge >= 0.3 is 0 Å². The molecule has 0 aliphatic rings. The number of aromatic nitrogens is 5. The van der Waals surface area contributed by atoms with Gasteiger partial charge in [-0.1, -0.05) is 36.4 Å². The van der Waals surface area contributed by atoms with Crippen LogP contribution in [0.3, 0.4) is 0 Å². The SMILES string of the molecule is Cc1cc(-[n+]2nc(-c3ccccc3)nn2-c2ccccc2)[nH]c1C. The lowest BCUT2D eigenvalue weighted by Crippen LogP contribution is -2.43. The van der Waals surface area contributed by atoms with Crippen LogP contribution in [0.4, 0.5) is 0 Å². The van der Waals surface area contributed by atoms with E-state index in [9.17, 15) is 0 Å². The van der Waals surface area contributed by atoms with Gasteiger partial charge in [-0.2, -0.15) is 0 Å². The van der Waals surface area contributed by atoms with Gasteiger partial charge in [-0.3, -0.25) is 4.98 Å². The summed E-state index contributed by atoms with van der Waals surface area (Å²) in [6, 6.07) is 22.1. The predicted octanol–water partition coefficient (Wildman–Crippen LogP) is 3.16. The van der Waals surface area contributed by atoms with Crippen LogP contribution in [-0.2, 0) is 0 Å². The number of nitrogens with zero attached hydrogens (tertiary/aromatic N) is 4. The van der Waals surface area contributed by atoms with E-state index in [4.69, 9.17) is 10.2 Å². The molecule has 2 aromatic carbocycles. The lowest BCUT2D eigenvalue weighted by Gasteiger charge is -1.98. The minimum atomic E-state index is 0.685. The van der Waals surface area contributed by atoms with Gasteiger partial charge < -0.3 is 0 Å². The van der Waals surface area contributed by atoms with Crippen LogP contribution in [0.25, 0.3) is 22.9 Å². The molecule has 0 unspecified atom stereocenters. The number of nitrogens with one attached hydrogen (secondary N) is 1. The Hall–Kier alpha value is -3.21. The first-order chi connectivity index (χ1) is 11.7. The molecule has 4 rings (SSSR count). The number of H-pyrrole nitrogens is 1. The van der Waals surface area contributed by atoms with Gasteiger partial charge in [0.2, 0.25) is 0 Å². The summed E-state index contributed by atoms with van der Waals surface area (Å²) < 4.78 is 0. The average Bonchev–Trinajstić information content (AvgIpc) is 3.21. The van der Waals surface area contributed by atoms with Crippen LogP contribution in [0.2, 0.25) is 0 Å². The molecule has 5 nitrogen and oxygen atoms in total. The highest BCUT2D eigenvalue weighted by Crippen LogP contribution is 2.15. The minimum Gasteiger partial charge on any atom is -0.274 e. The molecule has 2 heterocycles. The van der Waals surface area contributed by atoms with Crippen molar-refractivity contribution in [3.63, 3.8) is 0 Å². The van der Waals surface area contributed by atoms with Gasteiger partial charge in [0.1, 0.15) is 5.69 Å². The zero-order valence-electron chi connectivity index (χ0n) is 13.6. The van der Waals surface area contributed by atoms with E-state index in [1.807, 2.05) is 65.5 Å². The average molecular weight is 316 g/mol. The fourth-order valence-corrected chi connectivity index (χ4v) is 2.62. The molecule has 0 spiro atoms. The van der Waals surface area contributed by atoms with Crippen LogP contribution >= 0.6 is 0 Å². The predicted molar refractivity (Wildman–Crippen MR) is 92.2 cm³/mol. The van der Waals surface area contributed by atoms with Crippen molar-refractivity contribution in [2.24, 2.45) is 0 Å². The van der Waals surface area contributed by atoms with Crippen molar-refractivity contribution < 1.29 is 4.80 Å². The highest BCUT2D eigenvalue weighted by Gasteiger charge is 2.22. The third-order valence-electron chi connectivity index (χ3n) is 4.05. The number of hydrogen-bond donors (Lipinski definition) is 1. The Kier molecular flexibility index (Phi) is 3.46. The van der Waals surface area contributed by atoms with Gasteiger partial charge in [0.25, 0.3) is 11.6 Å². The summed E-state index contributed by atoms with van der Waals surface area (Å²) in [5, 5.41) is 9.43. The number of para-hydroxylation sites is 1. The van der Waals surface area contributed by atoms with Crippen molar-refractivity contribution >= 4 is 0 Å². The summed E-state index contributed by atoms with van der Waals surface area (Å²) in [5.41, 5.74) is 4.26. The third kappa shape index (κ3) is 2.50. The van der Waals surface area contributed by atoms with Crippen molar-refractivity contribution in [2.75, 3.05) is 0 Å². The molecule has 5 heteroatoms. The van der Waals surface area contributed by atoms with Crippen molar-refractivity contribution in [2.45, 2.75) is 13.8 Å². The molecule has 24 heavy (non-hydrogen) atoms. The molecule has 118 valence electrons. The van der Waals surface area contributed by atoms with E-state index >= 15 is 0 Å². The van der Waals surface area contributed by atoms with Crippen molar-refractivity contribution in [1.82, 2.24) is 20.0 Å². The van der Waals surface area contributed by atoms with Crippen LogP contribution in [0.1, 0.15) is 11.3 Å². The van der Waals surface area contributed by atoms with E-state index in [1.165, 1.54) is 5.56 Å². The topological polar surface area (TPSA) is 50.4 Å². The standard InChI is InChI=1S/C19H18N5/c1-14-13-18(20-15(14)2)24-22-19(16-9-5-3-6-10-16)21-23(24)17-11-7-4-8-12-17/h3-13,20H,1-2H3/q+1. The minimum absolute atomic E-state index is 0.685. The molecule has 0 saturated heterocycles. The fourth-order valence-electron chi connectivity index (χ4n) is 2.62. The van der Waals surface area contributed by atoms with Crippen molar-refractivity contribution in [1.29, 1.82) is 0 Å². The van der Waals surface area contributed by atoms with Crippen LogP contribution < -0.4 is 4.80 Å². The number of rotatable bonds is 3. The van der Waals surface area contributed by atoms with Crippen molar-refractivity contribution in [3.05, 3.63) is 78.0 Å².